The quantitative estimate of drug-likeness (QED) is 0.883. The second-order valence-corrected chi connectivity index (χ2v) is 5.55. The smallest absolute Gasteiger partial charge is 0.0874 e. The largest absolute Gasteiger partial charge is 0.382 e. The zero-order chi connectivity index (χ0) is 13.7. The van der Waals surface area contributed by atoms with Crippen LogP contribution in [0.4, 0.5) is 5.69 Å². The van der Waals surface area contributed by atoms with Gasteiger partial charge < -0.3 is 10.1 Å². The highest BCUT2D eigenvalue weighted by Crippen LogP contribution is 2.18. The molecule has 0 spiro atoms. The Kier molecular flexibility index (Phi) is 5.23. The molecule has 106 valence electrons. The third kappa shape index (κ3) is 4.22. The molecular weight excluding hydrogens is 236 g/mol. The molecule has 3 heteroatoms. The van der Waals surface area contributed by atoms with Crippen LogP contribution in [0.2, 0.25) is 0 Å². The van der Waals surface area contributed by atoms with Crippen molar-refractivity contribution in [1.29, 1.82) is 0 Å². The number of hydrogen-bond acceptors (Lipinski definition) is 3. The molecule has 1 aromatic rings. The van der Waals surface area contributed by atoms with Gasteiger partial charge in [-0.25, -0.2) is 0 Å². The van der Waals surface area contributed by atoms with Gasteiger partial charge in [0.05, 0.1) is 12.7 Å². The van der Waals surface area contributed by atoms with Gasteiger partial charge in [-0.1, -0.05) is 32.9 Å². The minimum atomic E-state index is 0.302. The van der Waals surface area contributed by atoms with Crippen molar-refractivity contribution in [2.75, 3.05) is 38.1 Å². The second-order valence-electron chi connectivity index (χ2n) is 5.55. The first-order valence-electron chi connectivity index (χ1n) is 7.36. The van der Waals surface area contributed by atoms with Crippen LogP contribution in [0.1, 0.15) is 32.3 Å². The van der Waals surface area contributed by atoms with Gasteiger partial charge in [-0.2, -0.15) is 0 Å². The molecule has 1 unspecified atom stereocenters. The maximum atomic E-state index is 5.81. The summed E-state index contributed by atoms with van der Waals surface area (Å²) in [7, 11) is 0. The lowest BCUT2D eigenvalue weighted by Crippen LogP contribution is -2.45. The van der Waals surface area contributed by atoms with Crippen LogP contribution in [0.15, 0.2) is 24.3 Å². The maximum Gasteiger partial charge on any atom is 0.0874 e. The predicted molar refractivity (Wildman–Crippen MR) is 80.9 cm³/mol. The molecule has 1 aliphatic heterocycles. The molecule has 1 fully saturated rings. The lowest BCUT2D eigenvalue weighted by Gasteiger charge is -2.32. The van der Waals surface area contributed by atoms with E-state index in [1.807, 2.05) is 0 Å². The van der Waals surface area contributed by atoms with Crippen LogP contribution in [0, 0.1) is 0 Å². The van der Waals surface area contributed by atoms with Crippen LogP contribution in [-0.2, 0) is 4.74 Å². The third-order valence-electron chi connectivity index (χ3n) is 3.76. The summed E-state index contributed by atoms with van der Waals surface area (Å²) < 4.78 is 5.81. The number of morpholine rings is 1. The van der Waals surface area contributed by atoms with E-state index in [0.717, 1.165) is 32.8 Å². The average molecular weight is 262 g/mol. The van der Waals surface area contributed by atoms with Gasteiger partial charge in [0.15, 0.2) is 0 Å². The molecule has 1 heterocycles. The third-order valence-corrected chi connectivity index (χ3v) is 3.76. The first kappa shape index (κ1) is 14.4. The summed E-state index contributed by atoms with van der Waals surface area (Å²) in [6.07, 6.45) is 0.302. The van der Waals surface area contributed by atoms with Gasteiger partial charge in [0.1, 0.15) is 0 Å². The molecule has 1 atom stereocenters. The van der Waals surface area contributed by atoms with Crippen molar-refractivity contribution in [1.82, 2.24) is 4.90 Å². The minimum Gasteiger partial charge on any atom is -0.382 e. The van der Waals surface area contributed by atoms with Crippen molar-refractivity contribution in [3.8, 4) is 0 Å². The Bertz CT molecular complexity index is 392. The van der Waals surface area contributed by atoms with E-state index in [0.29, 0.717) is 12.0 Å². The number of likely N-dealkylation sites (N-methyl/N-ethyl adjacent to an activating group) is 1. The highest BCUT2D eigenvalue weighted by Gasteiger charge is 2.18. The Morgan fingerprint density at radius 3 is 3.00 bits per heavy atom. The Hall–Kier alpha value is -1.06. The molecule has 0 amide bonds. The van der Waals surface area contributed by atoms with E-state index < -0.39 is 0 Å². The number of benzene rings is 1. The summed E-state index contributed by atoms with van der Waals surface area (Å²) in [5.74, 6) is 0.572. The molecule has 0 aromatic heterocycles. The summed E-state index contributed by atoms with van der Waals surface area (Å²) in [6, 6.07) is 8.68. The minimum absolute atomic E-state index is 0.302. The van der Waals surface area contributed by atoms with E-state index in [1.165, 1.54) is 11.3 Å². The Morgan fingerprint density at radius 1 is 1.42 bits per heavy atom. The molecule has 0 aliphatic carbocycles. The lowest BCUT2D eigenvalue weighted by molar-refractivity contribution is -0.0191. The average Bonchev–Trinajstić information content (AvgIpc) is 2.45. The standard InChI is InChI=1S/C16H26N2O/c1-4-18-8-9-19-16(12-18)11-17-15-7-5-6-14(10-15)13(2)3/h5-7,10,13,16-17H,4,8-9,11-12H2,1-3H3. The fraction of sp³-hybridized carbons (Fsp3) is 0.625. The SMILES string of the molecule is CCN1CCOC(CNc2cccc(C(C)C)c2)C1. The molecule has 1 N–H and O–H groups in total. The zero-order valence-electron chi connectivity index (χ0n) is 12.4. The van der Waals surface area contributed by atoms with Gasteiger partial charge in [-0.05, 0) is 30.2 Å². The molecule has 1 aliphatic rings. The number of anilines is 1. The lowest BCUT2D eigenvalue weighted by atomic mass is 10.0. The molecule has 1 saturated heterocycles. The molecule has 2 rings (SSSR count). The summed E-state index contributed by atoms with van der Waals surface area (Å²) in [6.45, 7) is 11.6. The molecule has 1 aromatic carbocycles. The normalized spacial score (nSPS) is 20.7. The van der Waals surface area contributed by atoms with Gasteiger partial charge in [0, 0.05) is 25.3 Å². The van der Waals surface area contributed by atoms with Crippen molar-refractivity contribution in [2.45, 2.75) is 32.8 Å². The number of nitrogens with one attached hydrogen (secondary N) is 1. The molecule has 0 radical (unpaired) electrons. The van der Waals surface area contributed by atoms with Crippen LogP contribution in [0.3, 0.4) is 0 Å². The van der Waals surface area contributed by atoms with E-state index in [9.17, 15) is 0 Å². The molecule has 0 bridgehead atoms. The fourth-order valence-electron chi connectivity index (χ4n) is 2.43. The molecular formula is C16H26N2O. The van der Waals surface area contributed by atoms with E-state index >= 15 is 0 Å². The van der Waals surface area contributed by atoms with Crippen molar-refractivity contribution < 1.29 is 4.74 Å². The Labute approximate surface area is 116 Å². The van der Waals surface area contributed by atoms with Crippen molar-refractivity contribution >= 4 is 5.69 Å². The van der Waals surface area contributed by atoms with Crippen LogP contribution in [-0.4, -0.2) is 43.8 Å². The number of rotatable bonds is 5. The monoisotopic (exact) mass is 262 g/mol. The van der Waals surface area contributed by atoms with E-state index in [4.69, 9.17) is 4.74 Å². The second kappa shape index (κ2) is 6.92. The molecule has 19 heavy (non-hydrogen) atoms. The van der Waals surface area contributed by atoms with Gasteiger partial charge >= 0.3 is 0 Å². The predicted octanol–water partition coefficient (Wildman–Crippen LogP) is 2.94. The highest BCUT2D eigenvalue weighted by molar-refractivity contribution is 5.46. The van der Waals surface area contributed by atoms with Crippen LogP contribution in [0.5, 0.6) is 0 Å². The van der Waals surface area contributed by atoms with Gasteiger partial charge in [0.25, 0.3) is 0 Å². The summed E-state index contributed by atoms with van der Waals surface area (Å²) >= 11 is 0. The zero-order valence-corrected chi connectivity index (χ0v) is 12.4. The Balaban J connectivity index is 1.86. The van der Waals surface area contributed by atoms with Gasteiger partial charge in [0.2, 0.25) is 0 Å². The first-order chi connectivity index (χ1) is 9.19. The summed E-state index contributed by atoms with van der Waals surface area (Å²) in [5.41, 5.74) is 2.58. The Morgan fingerprint density at radius 2 is 2.26 bits per heavy atom. The maximum absolute atomic E-state index is 5.81. The van der Waals surface area contributed by atoms with E-state index in [1.54, 1.807) is 0 Å². The van der Waals surface area contributed by atoms with Crippen LogP contribution >= 0.6 is 0 Å². The summed E-state index contributed by atoms with van der Waals surface area (Å²) in [5, 5.41) is 3.50. The fourth-order valence-corrected chi connectivity index (χ4v) is 2.43. The van der Waals surface area contributed by atoms with Crippen LogP contribution < -0.4 is 5.32 Å². The van der Waals surface area contributed by atoms with E-state index in [2.05, 4.69) is 55.3 Å². The van der Waals surface area contributed by atoms with Gasteiger partial charge in [-0.3, -0.25) is 4.90 Å². The number of ether oxygens (including phenoxy) is 1. The number of hydrogen-bond donors (Lipinski definition) is 1. The van der Waals surface area contributed by atoms with Crippen molar-refractivity contribution in [3.05, 3.63) is 29.8 Å². The van der Waals surface area contributed by atoms with Gasteiger partial charge in [-0.15, -0.1) is 0 Å². The van der Waals surface area contributed by atoms with Crippen molar-refractivity contribution in [2.24, 2.45) is 0 Å². The number of nitrogens with zero attached hydrogens (tertiary/aromatic N) is 1. The highest BCUT2D eigenvalue weighted by atomic mass is 16.5. The topological polar surface area (TPSA) is 24.5 Å². The summed E-state index contributed by atoms with van der Waals surface area (Å²) in [4.78, 5) is 2.44. The van der Waals surface area contributed by atoms with Crippen molar-refractivity contribution in [3.63, 3.8) is 0 Å². The molecule has 3 nitrogen and oxygen atoms in total. The van der Waals surface area contributed by atoms with Crippen LogP contribution in [0.25, 0.3) is 0 Å². The molecule has 0 saturated carbocycles. The van der Waals surface area contributed by atoms with E-state index in [-0.39, 0.29) is 0 Å². The first-order valence-corrected chi connectivity index (χ1v) is 7.36.